The van der Waals surface area contributed by atoms with E-state index in [9.17, 15) is 9.59 Å². The van der Waals surface area contributed by atoms with E-state index >= 15 is 0 Å². The Balaban J connectivity index is 1.87. The first kappa shape index (κ1) is 17.6. The highest BCUT2D eigenvalue weighted by Crippen LogP contribution is 2.17. The number of hydrogen-bond donors (Lipinski definition) is 0. The molecule has 6 nitrogen and oxygen atoms in total. The van der Waals surface area contributed by atoms with E-state index in [2.05, 4.69) is 0 Å². The molecule has 6 heteroatoms. The van der Waals surface area contributed by atoms with Gasteiger partial charge in [0, 0.05) is 31.6 Å². The zero-order valence-corrected chi connectivity index (χ0v) is 14.7. The molecule has 134 valence electrons. The molecular formula is C19H24N2O4. The largest absolute Gasteiger partial charge is 0.422 e. The van der Waals surface area contributed by atoms with Gasteiger partial charge in [-0.15, -0.1) is 0 Å². The van der Waals surface area contributed by atoms with Gasteiger partial charge in [-0.3, -0.25) is 4.79 Å². The Kier molecular flexibility index (Phi) is 5.50. The van der Waals surface area contributed by atoms with E-state index in [1.165, 1.54) is 0 Å². The molecule has 2 heterocycles. The van der Waals surface area contributed by atoms with E-state index in [4.69, 9.17) is 9.15 Å². The number of carbonyl (C=O) groups is 1. The Morgan fingerprint density at radius 2 is 2.04 bits per heavy atom. The second kappa shape index (κ2) is 7.80. The molecule has 0 aliphatic carbocycles. The molecule has 25 heavy (non-hydrogen) atoms. The zero-order chi connectivity index (χ0) is 17.8. The molecule has 0 N–H and O–H groups in total. The van der Waals surface area contributed by atoms with Crippen molar-refractivity contribution in [2.45, 2.75) is 18.9 Å². The summed E-state index contributed by atoms with van der Waals surface area (Å²) in [5.74, 6) is -0.295. The fraction of sp³-hybridized carbons (Fsp3) is 0.474. The normalized spacial score (nSPS) is 17.3. The van der Waals surface area contributed by atoms with Crippen molar-refractivity contribution in [1.82, 2.24) is 9.80 Å². The number of ether oxygens (including phenoxy) is 1. The third-order valence-electron chi connectivity index (χ3n) is 4.42. The minimum atomic E-state index is -0.592. The molecule has 0 unspecified atom stereocenters. The van der Waals surface area contributed by atoms with Crippen LogP contribution in [0.25, 0.3) is 11.0 Å². The van der Waals surface area contributed by atoms with Crippen LogP contribution in [0.5, 0.6) is 0 Å². The maximum Gasteiger partial charge on any atom is 0.349 e. The van der Waals surface area contributed by atoms with Crippen molar-refractivity contribution >= 4 is 16.9 Å². The topological polar surface area (TPSA) is 63.0 Å². The lowest BCUT2D eigenvalue weighted by Crippen LogP contribution is -2.42. The summed E-state index contributed by atoms with van der Waals surface area (Å²) in [6.07, 6.45) is 2.00. The lowest BCUT2D eigenvalue weighted by Gasteiger charge is -2.26. The zero-order valence-electron chi connectivity index (χ0n) is 14.7. The Morgan fingerprint density at radius 3 is 2.76 bits per heavy atom. The smallest absolute Gasteiger partial charge is 0.349 e. The van der Waals surface area contributed by atoms with E-state index in [1.807, 2.05) is 31.1 Å². The number of carbonyl (C=O) groups excluding carboxylic acids is 1. The van der Waals surface area contributed by atoms with E-state index < -0.39 is 5.63 Å². The van der Waals surface area contributed by atoms with Gasteiger partial charge in [0.05, 0.1) is 6.10 Å². The second-order valence-electron chi connectivity index (χ2n) is 6.67. The summed E-state index contributed by atoms with van der Waals surface area (Å²) in [6.45, 7) is 2.49. The number of likely N-dealkylation sites (N-methyl/N-ethyl adjacent to an activating group) is 1. The summed E-state index contributed by atoms with van der Waals surface area (Å²) in [5, 5.41) is 0.745. The second-order valence-corrected chi connectivity index (χ2v) is 6.67. The number of benzene rings is 1. The summed E-state index contributed by atoms with van der Waals surface area (Å²) < 4.78 is 11.0. The molecular weight excluding hydrogens is 320 g/mol. The Bertz CT molecular complexity index is 793. The summed E-state index contributed by atoms with van der Waals surface area (Å²) in [5.41, 5.74) is -0.0237. The standard InChI is InChI=1S/C19H24N2O4/c1-20(2)9-10-21(13-15-7-5-11-24-15)18(22)16-12-14-6-3-4-8-17(14)25-19(16)23/h3-4,6,8,12,15H,5,7,9-11,13H2,1-2H3/t15-/m1/s1. The number of hydrogen-bond acceptors (Lipinski definition) is 5. The van der Waals surface area contributed by atoms with Gasteiger partial charge in [-0.1, -0.05) is 18.2 Å². The fourth-order valence-electron chi connectivity index (χ4n) is 3.01. The Hall–Kier alpha value is -2.18. The van der Waals surface area contributed by atoms with E-state index in [0.29, 0.717) is 18.7 Å². The van der Waals surface area contributed by atoms with E-state index in [0.717, 1.165) is 31.4 Å². The SMILES string of the molecule is CN(C)CCN(C[C@H]1CCCO1)C(=O)c1cc2ccccc2oc1=O. The minimum Gasteiger partial charge on any atom is -0.422 e. The number of fused-ring (bicyclic) bond motifs is 1. The molecule has 1 saturated heterocycles. The van der Waals surface area contributed by atoms with Crippen LogP contribution in [-0.2, 0) is 4.74 Å². The molecule has 1 aromatic carbocycles. The monoisotopic (exact) mass is 344 g/mol. The van der Waals surface area contributed by atoms with Gasteiger partial charge in [0.15, 0.2) is 0 Å². The molecule has 0 spiro atoms. The average molecular weight is 344 g/mol. The lowest BCUT2D eigenvalue weighted by atomic mass is 10.1. The highest BCUT2D eigenvalue weighted by molar-refractivity contribution is 5.96. The maximum atomic E-state index is 13.0. The summed E-state index contributed by atoms with van der Waals surface area (Å²) in [4.78, 5) is 29.0. The highest BCUT2D eigenvalue weighted by atomic mass is 16.5. The van der Waals surface area contributed by atoms with Gasteiger partial charge in [-0.05, 0) is 39.1 Å². The van der Waals surface area contributed by atoms with Crippen LogP contribution in [0.3, 0.4) is 0 Å². The summed E-state index contributed by atoms with van der Waals surface area (Å²) >= 11 is 0. The van der Waals surface area contributed by atoms with Gasteiger partial charge in [-0.25, -0.2) is 4.79 Å². The predicted molar refractivity (Wildman–Crippen MR) is 95.9 cm³/mol. The Labute approximate surface area is 147 Å². The van der Waals surface area contributed by atoms with Gasteiger partial charge >= 0.3 is 5.63 Å². The number of para-hydroxylation sites is 1. The van der Waals surface area contributed by atoms with Gasteiger partial charge in [-0.2, -0.15) is 0 Å². The minimum absolute atomic E-state index is 0.0404. The highest BCUT2D eigenvalue weighted by Gasteiger charge is 2.25. The average Bonchev–Trinajstić information content (AvgIpc) is 3.10. The number of nitrogens with zero attached hydrogens (tertiary/aromatic N) is 2. The van der Waals surface area contributed by atoms with Crippen molar-refractivity contribution < 1.29 is 13.9 Å². The molecule has 1 amide bonds. The molecule has 1 aliphatic heterocycles. The van der Waals surface area contributed by atoms with Gasteiger partial charge < -0.3 is 19.0 Å². The predicted octanol–water partition coefficient (Wildman–Crippen LogP) is 1.98. The van der Waals surface area contributed by atoms with Crippen molar-refractivity contribution in [2.24, 2.45) is 0 Å². The van der Waals surface area contributed by atoms with Crippen molar-refractivity contribution in [3.63, 3.8) is 0 Å². The fourth-order valence-corrected chi connectivity index (χ4v) is 3.01. The molecule has 1 fully saturated rings. The number of rotatable bonds is 6. The number of amides is 1. The molecule has 2 aromatic rings. The van der Waals surface area contributed by atoms with Crippen LogP contribution in [0.2, 0.25) is 0 Å². The van der Waals surface area contributed by atoms with Crippen molar-refractivity contribution in [2.75, 3.05) is 40.3 Å². The Morgan fingerprint density at radius 1 is 1.24 bits per heavy atom. The van der Waals surface area contributed by atoms with Crippen molar-refractivity contribution in [3.8, 4) is 0 Å². The van der Waals surface area contributed by atoms with Crippen molar-refractivity contribution in [1.29, 1.82) is 0 Å². The molecule has 1 aromatic heterocycles. The molecule has 0 saturated carbocycles. The molecule has 0 radical (unpaired) electrons. The van der Waals surface area contributed by atoms with Crippen LogP contribution < -0.4 is 5.63 Å². The van der Waals surface area contributed by atoms with E-state index in [1.54, 1.807) is 23.1 Å². The quantitative estimate of drug-likeness (QED) is 0.750. The van der Waals surface area contributed by atoms with Crippen molar-refractivity contribution in [3.05, 3.63) is 46.3 Å². The first-order valence-corrected chi connectivity index (χ1v) is 8.63. The molecule has 1 atom stereocenters. The van der Waals surface area contributed by atoms with Gasteiger partial charge in [0.1, 0.15) is 11.1 Å². The first-order valence-electron chi connectivity index (χ1n) is 8.63. The summed E-state index contributed by atoms with van der Waals surface area (Å²) in [6, 6.07) is 8.84. The van der Waals surface area contributed by atoms with Crippen LogP contribution in [0.1, 0.15) is 23.2 Å². The van der Waals surface area contributed by atoms with Crippen LogP contribution in [0, 0.1) is 0 Å². The molecule has 1 aliphatic rings. The third-order valence-corrected chi connectivity index (χ3v) is 4.42. The van der Waals surface area contributed by atoms with Crippen LogP contribution in [0.4, 0.5) is 0 Å². The van der Waals surface area contributed by atoms with Gasteiger partial charge in [0.2, 0.25) is 0 Å². The van der Waals surface area contributed by atoms with Crippen LogP contribution in [-0.4, -0.2) is 62.1 Å². The van der Waals surface area contributed by atoms with Crippen LogP contribution >= 0.6 is 0 Å². The lowest BCUT2D eigenvalue weighted by molar-refractivity contribution is 0.0509. The maximum absolute atomic E-state index is 13.0. The molecule has 3 rings (SSSR count). The van der Waals surface area contributed by atoms with E-state index in [-0.39, 0.29) is 17.6 Å². The first-order chi connectivity index (χ1) is 12.0. The van der Waals surface area contributed by atoms with Gasteiger partial charge in [0.25, 0.3) is 5.91 Å². The van der Waals surface area contributed by atoms with Crippen LogP contribution in [0.15, 0.2) is 39.5 Å². The third kappa shape index (κ3) is 4.27. The summed E-state index contributed by atoms with van der Waals surface area (Å²) in [7, 11) is 3.91. The molecule has 0 bridgehead atoms.